The van der Waals surface area contributed by atoms with E-state index in [1.165, 1.54) is 4.88 Å². The Labute approximate surface area is 123 Å². The van der Waals surface area contributed by atoms with E-state index in [4.69, 9.17) is 5.73 Å². The van der Waals surface area contributed by atoms with E-state index in [2.05, 4.69) is 10.6 Å². The van der Waals surface area contributed by atoms with E-state index in [-0.39, 0.29) is 17.9 Å². The van der Waals surface area contributed by atoms with Gasteiger partial charge >= 0.3 is 6.03 Å². The van der Waals surface area contributed by atoms with Gasteiger partial charge in [-0.05, 0) is 24.3 Å². The fourth-order valence-corrected chi connectivity index (χ4v) is 2.80. The van der Waals surface area contributed by atoms with Crippen molar-refractivity contribution < 1.29 is 9.59 Å². The van der Waals surface area contributed by atoms with Crippen molar-refractivity contribution in [3.63, 3.8) is 0 Å². The lowest BCUT2D eigenvalue weighted by atomic mass is 9.98. The second kappa shape index (κ2) is 7.89. The van der Waals surface area contributed by atoms with Gasteiger partial charge in [-0.3, -0.25) is 4.79 Å². The maximum absolute atomic E-state index is 12.2. The fraction of sp³-hybridized carbons (Fsp3) is 0.571. The highest BCUT2D eigenvalue weighted by atomic mass is 32.1. The van der Waals surface area contributed by atoms with Gasteiger partial charge in [0.15, 0.2) is 0 Å². The predicted molar refractivity (Wildman–Crippen MR) is 81.6 cm³/mol. The van der Waals surface area contributed by atoms with Crippen LogP contribution in [-0.2, 0) is 11.2 Å². The van der Waals surface area contributed by atoms with E-state index in [1.807, 2.05) is 38.3 Å². The molecule has 6 heteroatoms. The Morgan fingerprint density at radius 1 is 1.35 bits per heavy atom. The third kappa shape index (κ3) is 5.21. The summed E-state index contributed by atoms with van der Waals surface area (Å²) in [5, 5.41) is 7.47. The first-order chi connectivity index (χ1) is 9.43. The predicted octanol–water partition coefficient (Wildman–Crippen LogP) is 1.88. The zero-order valence-electron chi connectivity index (χ0n) is 12.2. The lowest BCUT2D eigenvalue weighted by molar-refractivity contribution is -0.124. The molecule has 1 rings (SSSR count). The molecule has 0 fully saturated rings. The van der Waals surface area contributed by atoms with Crippen LogP contribution < -0.4 is 16.4 Å². The minimum absolute atomic E-state index is 0.0161. The highest BCUT2D eigenvalue weighted by molar-refractivity contribution is 7.09. The van der Waals surface area contributed by atoms with Gasteiger partial charge < -0.3 is 16.4 Å². The molecular formula is C14H23N3O2S. The number of hydrogen-bond acceptors (Lipinski definition) is 3. The summed E-state index contributed by atoms with van der Waals surface area (Å²) in [5.41, 5.74) is 5.14. The smallest absolute Gasteiger partial charge is 0.312 e. The van der Waals surface area contributed by atoms with Gasteiger partial charge in [-0.15, -0.1) is 11.3 Å². The van der Waals surface area contributed by atoms with Gasteiger partial charge in [0.25, 0.3) is 0 Å². The van der Waals surface area contributed by atoms with Gasteiger partial charge in [-0.2, -0.15) is 0 Å². The molecule has 3 amide bonds. The summed E-state index contributed by atoms with van der Waals surface area (Å²) in [5.74, 6) is -0.140. The standard InChI is InChI=1S/C14H23N3O2S/c1-4-9(2)12(17-14(15)19)13(18)16-10(3)8-11-6-5-7-20-11/h5-7,9-10,12H,4,8H2,1-3H3,(H,16,18)(H3,15,17,19)/t9-,10+,12+/m0/s1. The molecule has 0 bridgehead atoms. The Bertz CT molecular complexity index is 434. The van der Waals surface area contributed by atoms with Gasteiger partial charge in [-0.1, -0.05) is 26.3 Å². The van der Waals surface area contributed by atoms with Crippen molar-refractivity contribution in [3.05, 3.63) is 22.4 Å². The van der Waals surface area contributed by atoms with Crippen LogP contribution in [0, 0.1) is 5.92 Å². The largest absolute Gasteiger partial charge is 0.352 e. The quantitative estimate of drug-likeness (QED) is 0.718. The second-order valence-electron chi connectivity index (χ2n) is 5.06. The van der Waals surface area contributed by atoms with Crippen LogP contribution in [0.5, 0.6) is 0 Å². The third-order valence-electron chi connectivity index (χ3n) is 3.27. The SMILES string of the molecule is CC[C@H](C)[C@@H](NC(N)=O)C(=O)N[C@H](C)Cc1cccs1. The highest BCUT2D eigenvalue weighted by Gasteiger charge is 2.26. The Kier molecular flexibility index (Phi) is 6.51. The monoisotopic (exact) mass is 297 g/mol. The van der Waals surface area contributed by atoms with E-state index >= 15 is 0 Å². The van der Waals surface area contributed by atoms with Crippen LogP contribution in [0.3, 0.4) is 0 Å². The van der Waals surface area contributed by atoms with Gasteiger partial charge in [0.1, 0.15) is 6.04 Å². The average Bonchev–Trinajstić information content (AvgIpc) is 2.87. The lowest BCUT2D eigenvalue weighted by Crippen LogP contribution is -2.53. The molecule has 1 aromatic rings. The Balaban J connectivity index is 2.58. The van der Waals surface area contributed by atoms with E-state index in [9.17, 15) is 9.59 Å². The minimum atomic E-state index is -0.670. The van der Waals surface area contributed by atoms with Crippen LogP contribution in [0.2, 0.25) is 0 Å². The zero-order chi connectivity index (χ0) is 15.1. The Morgan fingerprint density at radius 3 is 2.55 bits per heavy atom. The van der Waals surface area contributed by atoms with Crippen molar-refractivity contribution in [2.45, 2.75) is 45.7 Å². The zero-order valence-corrected chi connectivity index (χ0v) is 13.0. The van der Waals surface area contributed by atoms with Gasteiger partial charge in [-0.25, -0.2) is 4.79 Å². The molecule has 5 nitrogen and oxygen atoms in total. The first-order valence-electron chi connectivity index (χ1n) is 6.82. The summed E-state index contributed by atoms with van der Waals surface area (Å²) in [6.45, 7) is 5.85. The molecule has 0 aliphatic rings. The summed E-state index contributed by atoms with van der Waals surface area (Å²) in [6, 6.07) is 2.80. The number of urea groups is 1. The number of nitrogens with two attached hydrogens (primary N) is 1. The maximum atomic E-state index is 12.2. The molecule has 1 aromatic heterocycles. The number of amides is 3. The van der Waals surface area contributed by atoms with E-state index in [0.29, 0.717) is 0 Å². The number of carbonyl (C=O) groups is 2. The van der Waals surface area contributed by atoms with E-state index in [0.717, 1.165) is 12.8 Å². The van der Waals surface area contributed by atoms with E-state index < -0.39 is 12.1 Å². The van der Waals surface area contributed by atoms with Gasteiger partial charge in [0.2, 0.25) is 5.91 Å². The van der Waals surface area contributed by atoms with Crippen molar-refractivity contribution in [2.24, 2.45) is 11.7 Å². The molecule has 20 heavy (non-hydrogen) atoms. The van der Waals surface area contributed by atoms with Crippen LogP contribution in [0.4, 0.5) is 4.79 Å². The topological polar surface area (TPSA) is 84.2 Å². The number of nitrogens with one attached hydrogen (secondary N) is 2. The number of carbonyl (C=O) groups excluding carboxylic acids is 2. The first kappa shape index (κ1) is 16.5. The third-order valence-corrected chi connectivity index (χ3v) is 4.17. The molecule has 0 aliphatic carbocycles. The Morgan fingerprint density at radius 2 is 2.05 bits per heavy atom. The van der Waals surface area contributed by atoms with Crippen LogP contribution in [-0.4, -0.2) is 24.0 Å². The summed E-state index contributed by atoms with van der Waals surface area (Å²) >= 11 is 1.67. The molecule has 0 saturated heterocycles. The second-order valence-corrected chi connectivity index (χ2v) is 6.10. The maximum Gasteiger partial charge on any atom is 0.312 e. The number of thiophene rings is 1. The summed E-state index contributed by atoms with van der Waals surface area (Å²) in [4.78, 5) is 24.5. The molecule has 4 N–H and O–H groups in total. The van der Waals surface area contributed by atoms with Crippen molar-refractivity contribution in [3.8, 4) is 0 Å². The molecule has 0 spiro atoms. The number of rotatable bonds is 7. The van der Waals surface area contributed by atoms with Crippen molar-refractivity contribution >= 4 is 23.3 Å². The van der Waals surface area contributed by atoms with Crippen molar-refractivity contribution in [1.82, 2.24) is 10.6 Å². The first-order valence-corrected chi connectivity index (χ1v) is 7.70. The fourth-order valence-electron chi connectivity index (χ4n) is 1.97. The molecule has 1 heterocycles. The molecule has 0 aliphatic heterocycles. The number of hydrogen-bond donors (Lipinski definition) is 3. The van der Waals surface area contributed by atoms with E-state index in [1.54, 1.807) is 11.3 Å². The van der Waals surface area contributed by atoms with Crippen LogP contribution in [0.1, 0.15) is 32.1 Å². The summed E-state index contributed by atoms with van der Waals surface area (Å²) < 4.78 is 0. The summed E-state index contributed by atoms with van der Waals surface area (Å²) in [6.07, 6.45) is 1.57. The molecule has 112 valence electrons. The Hall–Kier alpha value is -1.56. The average molecular weight is 297 g/mol. The molecule has 0 unspecified atom stereocenters. The summed E-state index contributed by atoms with van der Waals surface area (Å²) in [7, 11) is 0. The normalized spacial score (nSPS) is 15.2. The molecule has 3 atom stereocenters. The lowest BCUT2D eigenvalue weighted by Gasteiger charge is -2.24. The molecule has 0 radical (unpaired) electrons. The van der Waals surface area contributed by atoms with Gasteiger partial charge in [0.05, 0.1) is 0 Å². The van der Waals surface area contributed by atoms with Crippen LogP contribution >= 0.6 is 11.3 Å². The van der Waals surface area contributed by atoms with Gasteiger partial charge in [0, 0.05) is 17.3 Å². The van der Waals surface area contributed by atoms with Crippen molar-refractivity contribution in [2.75, 3.05) is 0 Å². The molecule has 0 saturated carbocycles. The van der Waals surface area contributed by atoms with Crippen LogP contribution in [0.25, 0.3) is 0 Å². The molecule has 0 aromatic carbocycles. The highest BCUT2D eigenvalue weighted by Crippen LogP contribution is 2.12. The number of primary amides is 1. The molecular weight excluding hydrogens is 274 g/mol. The minimum Gasteiger partial charge on any atom is -0.352 e. The van der Waals surface area contributed by atoms with Crippen molar-refractivity contribution in [1.29, 1.82) is 0 Å². The van der Waals surface area contributed by atoms with Crippen LogP contribution in [0.15, 0.2) is 17.5 Å².